The Morgan fingerprint density at radius 2 is 0.765 bits per heavy atom. The molecule has 0 bridgehead atoms. The molecule has 181 valence electrons. The van der Waals surface area contributed by atoms with Gasteiger partial charge in [0, 0.05) is 17.8 Å². The van der Waals surface area contributed by atoms with Gasteiger partial charge in [0.05, 0.1) is 17.1 Å². The molecular weight excluding hydrogens is 419 g/mol. The second-order valence-corrected chi connectivity index (χ2v) is 11.0. The van der Waals surface area contributed by atoms with Crippen molar-refractivity contribution in [2.24, 2.45) is 0 Å². The molecule has 3 aromatic heterocycles. The predicted molar refractivity (Wildman–Crippen MR) is 136 cm³/mol. The second kappa shape index (κ2) is 10.1. The summed E-state index contributed by atoms with van der Waals surface area (Å²) in [4.78, 5) is 0. The second-order valence-electron chi connectivity index (χ2n) is 11.0. The van der Waals surface area contributed by atoms with Crippen LogP contribution in [0.5, 0.6) is 0 Å². The first-order valence-corrected chi connectivity index (χ1v) is 14.0. The predicted octanol–water partition coefficient (Wildman–Crippen LogP) is 6.35. The molecule has 0 unspecified atom stereocenters. The molecule has 6 rings (SSSR count). The Morgan fingerprint density at radius 1 is 0.471 bits per heavy atom. The van der Waals surface area contributed by atoms with Crippen LogP contribution in [0.2, 0.25) is 0 Å². The molecule has 3 aromatic rings. The average Bonchev–Trinajstić information content (AvgIpc) is 3.68. The van der Waals surface area contributed by atoms with Gasteiger partial charge >= 0.3 is 0 Å². The summed E-state index contributed by atoms with van der Waals surface area (Å²) in [7, 11) is -0.188. The summed E-state index contributed by atoms with van der Waals surface area (Å²) in [6.07, 6.45) is 26.1. The van der Waals surface area contributed by atoms with Crippen LogP contribution in [0.4, 0.5) is 0 Å². The van der Waals surface area contributed by atoms with Crippen LogP contribution >= 0.6 is 0 Å². The zero-order valence-electron chi connectivity index (χ0n) is 20.6. The number of hydrogen-bond acceptors (Lipinski definition) is 3. The van der Waals surface area contributed by atoms with Gasteiger partial charge in [-0.25, -0.2) is 15.3 Å². The topological polar surface area (TPSA) is 53.5 Å². The van der Waals surface area contributed by atoms with Crippen LogP contribution in [0, 0.1) is 0 Å². The van der Waals surface area contributed by atoms with Crippen LogP contribution < -0.4 is 0 Å². The van der Waals surface area contributed by atoms with Crippen LogP contribution in [0.15, 0.2) is 36.8 Å². The lowest BCUT2D eigenvalue weighted by Gasteiger charge is -2.30. The molecule has 1 radical (unpaired) electrons. The molecule has 3 heterocycles. The quantitative estimate of drug-likeness (QED) is 0.405. The third-order valence-corrected chi connectivity index (χ3v) is 8.67. The van der Waals surface area contributed by atoms with Crippen molar-refractivity contribution in [3.63, 3.8) is 0 Å². The first kappa shape index (κ1) is 22.2. The zero-order chi connectivity index (χ0) is 22.7. The van der Waals surface area contributed by atoms with Crippen molar-refractivity contribution < 1.29 is 0 Å². The highest BCUT2D eigenvalue weighted by Gasteiger charge is 2.23. The Bertz CT molecular complexity index is 915. The highest BCUT2D eigenvalue weighted by Crippen LogP contribution is 2.34. The maximum Gasteiger partial charge on any atom is 0.260 e. The summed E-state index contributed by atoms with van der Waals surface area (Å²) in [6.45, 7) is 0. The van der Waals surface area contributed by atoms with Gasteiger partial charge in [0.15, 0.2) is 0 Å². The fraction of sp³-hybridized carbons (Fsp3) is 0.667. The number of hydrogen-bond donors (Lipinski definition) is 0. The summed E-state index contributed by atoms with van der Waals surface area (Å²) < 4.78 is 6.29. The lowest BCUT2D eigenvalue weighted by atomic mass is 9.87. The van der Waals surface area contributed by atoms with Gasteiger partial charge < -0.3 is 13.8 Å². The SMILES string of the molecule is c1cn([B-](n2ccc(C3CCCCC3)n2)n2ccc(C3CCCCC3)n2)nc1C1CCCCC1. The van der Waals surface area contributed by atoms with Crippen LogP contribution in [-0.4, -0.2) is 36.2 Å². The summed E-state index contributed by atoms with van der Waals surface area (Å²) in [5.41, 5.74) is 3.72. The molecule has 0 spiro atoms. The van der Waals surface area contributed by atoms with Crippen molar-refractivity contribution >= 4 is 7.12 Å². The van der Waals surface area contributed by atoms with Crippen LogP contribution in [-0.2, 0) is 0 Å². The lowest BCUT2D eigenvalue weighted by molar-refractivity contribution is 0.433. The third kappa shape index (κ3) is 4.63. The zero-order valence-corrected chi connectivity index (χ0v) is 20.6. The average molecular weight is 458 g/mol. The minimum Gasteiger partial charge on any atom is -0.425 e. The maximum atomic E-state index is 5.13. The highest BCUT2D eigenvalue weighted by molar-refractivity contribution is 6.52. The molecule has 7 heteroatoms. The standard InChI is InChI=1S/C27H39BN6/c1-4-10-22(11-5-1)25-16-19-32(29-25)28(33-20-17-26(30-33)23-12-6-2-7-13-23)34-21-18-27(31-34)24-14-8-3-9-15-24/h16-24H,1-15H2/q-1. The van der Waals surface area contributed by atoms with E-state index in [9.17, 15) is 0 Å². The van der Waals surface area contributed by atoms with Crippen LogP contribution in [0.3, 0.4) is 0 Å². The molecule has 0 aliphatic heterocycles. The van der Waals surface area contributed by atoms with Gasteiger partial charge in [0.2, 0.25) is 0 Å². The summed E-state index contributed by atoms with van der Waals surface area (Å²) in [6, 6.07) is 6.71. The molecule has 34 heavy (non-hydrogen) atoms. The Labute approximate surface area is 204 Å². The molecule has 3 aliphatic rings. The summed E-state index contributed by atoms with van der Waals surface area (Å²) >= 11 is 0. The van der Waals surface area contributed by atoms with E-state index < -0.39 is 0 Å². The van der Waals surface area contributed by atoms with E-state index in [2.05, 4.69) is 50.6 Å². The molecular formula is C27H39BN6-. The largest absolute Gasteiger partial charge is 0.425 e. The van der Waals surface area contributed by atoms with Crippen LogP contribution in [0.1, 0.15) is 131 Å². The molecule has 0 amide bonds. The lowest BCUT2D eigenvalue weighted by Crippen LogP contribution is -2.43. The Hall–Kier alpha value is -2.31. The molecule has 3 aliphatic carbocycles. The van der Waals surface area contributed by atoms with Crippen molar-refractivity contribution in [3.05, 3.63) is 53.9 Å². The molecule has 0 atom stereocenters. The van der Waals surface area contributed by atoms with Gasteiger partial charge in [-0.2, -0.15) is 0 Å². The van der Waals surface area contributed by atoms with Crippen molar-refractivity contribution in [1.29, 1.82) is 0 Å². The van der Waals surface area contributed by atoms with E-state index in [1.54, 1.807) is 0 Å². The molecule has 6 nitrogen and oxygen atoms in total. The molecule has 0 saturated heterocycles. The fourth-order valence-electron chi connectivity index (χ4n) is 6.66. The fourth-order valence-corrected chi connectivity index (χ4v) is 6.66. The van der Waals surface area contributed by atoms with Gasteiger partial charge in [-0.05, 0) is 75.3 Å². The highest BCUT2D eigenvalue weighted by atomic mass is 15.4. The summed E-state index contributed by atoms with van der Waals surface area (Å²) in [5.74, 6) is 1.80. The normalized spacial score (nSPS) is 21.4. The third-order valence-electron chi connectivity index (χ3n) is 8.67. The van der Waals surface area contributed by atoms with Crippen molar-refractivity contribution in [2.45, 2.75) is 114 Å². The number of aromatic nitrogens is 6. The Morgan fingerprint density at radius 3 is 1.06 bits per heavy atom. The van der Waals surface area contributed by atoms with Crippen molar-refractivity contribution in [1.82, 2.24) is 29.1 Å². The number of nitrogens with zero attached hydrogens (tertiary/aromatic N) is 6. The number of rotatable bonds is 6. The van der Waals surface area contributed by atoms with E-state index in [4.69, 9.17) is 15.3 Å². The van der Waals surface area contributed by atoms with Crippen molar-refractivity contribution in [2.75, 3.05) is 0 Å². The monoisotopic (exact) mass is 458 g/mol. The first-order valence-electron chi connectivity index (χ1n) is 14.0. The van der Waals surface area contributed by atoms with Gasteiger partial charge in [0.1, 0.15) is 0 Å². The smallest absolute Gasteiger partial charge is 0.260 e. The van der Waals surface area contributed by atoms with E-state index in [1.807, 2.05) is 0 Å². The van der Waals surface area contributed by atoms with Gasteiger partial charge in [-0.1, -0.05) is 57.8 Å². The van der Waals surface area contributed by atoms with E-state index in [0.717, 1.165) is 0 Å². The van der Waals surface area contributed by atoms with Crippen molar-refractivity contribution in [3.8, 4) is 0 Å². The van der Waals surface area contributed by atoms with E-state index in [0.29, 0.717) is 17.8 Å². The summed E-state index contributed by atoms with van der Waals surface area (Å²) in [5, 5.41) is 15.4. The first-order chi connectivity index (χ1) is 16.8. The minimum atomic E-state index is -0.188. The van der Waals surface area contributed by atoms with E-state index in [-0.39, 0.29) is 7.12 Å². The van der Waals surface area contributed by atoms with E-state index >= 15 is 0 Å². The van der Waals surface area contributed by atoms with E-state index in [1.165, 1.54) is 113 Å². The molecule has 0 N–H and O–H groups in total. The van der Waals surface area contributed by atoms with Gasteiger partial charge in [0.25, 0.3) is 7.12 Å². The molecule has 3 fully saturated rings. The molecule has 0 aromatic carbocycles. The Balaban J connectivity index is 1.32. The van der Waals surface area contributed by atoms with Gasteiger partial charge in [-0.3, -0.25) is 0 Å². The minimum absolute atomic E-state index is 0.188. The van der Waals surface area contributed by atoms with Crippen LogP contribution in [0.25, 0.3) is 0 Å². The Kier molecular flexibility index (Phi) is 6.61. The van der Waals surface area contributed by atoms with Gasteiger partial charge in [-0.15, -0.1) is 0 Å². The molecule has 3 saturated carbocycles. The maximum absolute atomic E-state index is 5.13.